The number of thioether (sulfide) groups is 1. The minimum Gasteiger partial charge on any atom is -0.460 e. The maximum atomic E-state index is 13.3. The van der Waals surface area contributed by atoms with Gasteiger partial charge in [-0.2, -0.15) is 0 Å². The van der Waals surface area contributed by atoms with Gasteiger partial charge in [-0.1, -0.05) is 78.9 Å². The van der Waals surface area contributed by atoms with E-state index in [0.717, 1.165) is 24.3 Å². The van der Waals surface area contributed by atoms with Crippen LogP contribution in [0.1, 0.15) is 30.5 Å². The van der Waals surface area contributed by atoms with Gasteiger partial charge in [0.2, 0.25) is 0 Å². The third kappa shape index (κ3) is 5.57. The molecule has 1 aliphatic heterocycles. The van der Waals surface area contributed by atoms with Crippen molar-refractivity contribution in [2.45, 2.75) is 36.9 Å². The van der Waals surface area contributed by atoms with Crippen molar-refractivity contribution in [3.63, 3.8) is 0 Å². The van der Waals surface area contributed by atoms with E-state index in [1.165, 1.54) is 10.5 Å². The lowest BCUT2D eigenvalue weighted by Crippen LogP contribution is -2.42. The fourth-order valence-corrected chi connectivity index (χ4v) is 5.38. The van der Waals surface area contributed by atoms with E-state index >= 15 is 0 Å². The van der Waals surface area contributed by atoms with Gasteiger partial charge in [0.15, 0.2) is 0 Å². The lowest BCUT2D eigenvalue weighted by molar-refractivity contribution is -0.152. The second-order valence-electron chi connectivity index (χ2n) is 8.04. The molecule has 4 rings (SSSR count). The van der Waals surface area contributed by atoms with Gasteiger partial charge >= 0.3 is 5.97 Å². The number of carbonyl (C=O) groups excluding carboxylic acids is 1. The summed E-state index contributed by atoms with van der Waals surface area (Å²) in [6, 6.07) is 30.7. The third-order valence-electron chi connectivity index (χ3n) is 6.01. The van der Waals surface area contributed by atoms with Gasteiger partial charge in [0.05, 0.1) is 0 Å². The molecule has 0 amide bonds. The van der Waals surface area contributed by atoms with Crippen LogP contribution in [-0.2, 0) is 16.1 Å². The molecular weight excluding hydrogens is 402 g/mol. The molecule has 31 heavy (non-hydrogen) atoms. The molecule has 1 heterocycles. The second-order valence-corrected chi connectivity index (χ2v) is 9.13. The number of carbonyl (C=O) groups is 1. The Labute approximate surface area is 189 Å². The standard InChI is InChI=1S/C27H29NO2S/c1-21(23-13-7-3-8-14-23)28-18-17-24(20-31-25-15-9-4-10-16-25)26(28)27(29)30-19-22-11-5-2-6-12-22/h2-16,21,24,26H,17-20H2,1H3/t21-,24-,26-/m0/s1. The molecule has 0 aromatic heterocycles. The Bertz CT molecular complexity index is 949. The normalized spacial score (nSPS) is 19.8. The quantitative estimate of drug-likeness (QED) is 0.324. The molecule has 1 saturated heterocycles. The van der Waals surface area contributed by atoms with E-state index < -0.39 is 0 Å². The van der Waals surface area contributed by atoms with Gasteiger partial charge in [0, 0.05) is 16.7 Å². The summed E-state index contributed by atoms with van der Waals surface area (Å²) in [5.41, 5.74) is 2.26. The smallest absolute Gasteiger partial charge is 0.324 e. The molecule has 0 spiro atoms. The average molecular weight is 432 g/mol. The van der Waals surface area contributed by atoms with Gasteiger partial charge < -0.3 is 4.74 Å². The Morgan fingerprint density at radius 1 is 0.968 bits per heavy atom. The number of ether oxygens (including phenoxy) is 1. The fourth-order valence-electron chi connectivity index (χ4n) is 4.28. The minimum absolute atomic E-state index is 0.109. The summed E-state index contributed by atoms with van der Waals surface area (Å²) in [5, 5.41) is 0. The first kappa shape index (κ1) is 21.7. The first-order chi connectivity index (χ1) is 15.2. The molecule has 3 aromatic carbocycles. The first-order valence-electron chi connectivity index (χ1n) is 10.9. The molecule has 3 nitrogen and oxygen atoms in total. The molecule has 0 saturated carbocycles. The van der Waals surface area contributed by atoms with E-state index in [0.29, 0.717) is 6.61 Å². The first-order valence-corrected chi connectivity index (χ1v) is 11.9. The molecule has 0 unspecified atom stereocenters. The molecule has 0 aliphatic carbocycles. The van der Waals surface area contributed by atoms with Gasteiger partial charge in [0.1, 0.15) is 12.6 Å². The summed E-state index contributed by atoms with van der Waals surface area (Å²) in [6.45, 7) is 3.42. The molecule has 0 radical (unpaired) electrons. The Morgan fingerprint density at radius 2 is 1.58 bits per heavy atom. The van der Waals surface area contributed by atoms with Gasteiger partial charge in [-0.15, -0.1) is 11.8 Å². The van der Waals surface area contributed by atoms with E-state index in [4.69, 9.17) is 4.74 Å². The molecule has 3 aromatic rings. The molecule has 0 bridgehead atoms. The zero-order chi connectivity index (χ0) is 21.5. The van der Waals surface area contributed by atoms with Crippen molar-refractivity contribution in [2.75, 3.05) is 12.3 Å². The number of esters is 1. The van der Waals surface area contributed by atoms with Crippen LogP contribution in [0.15, 0.2) is 95.9 Å². The van der Waals surface area contributed by atoms with Crippen LogP contribution < -0.4 is 0 Å². The van der Waals surface area contributed by atoms with Crippen molar-refractivity contribution in [3.05, 3.63) is 102 Å². The number of likely N-dealkylation sites (tertiary alicyclic amines) is 1. The van der Waals surface area contributed by atoms with Crippen molar-refractivity contribution in [1.29, 1.82) is 0 Å². The highest BCUT2D eigenvalue weighted by atomic mass is 32.2. The molecular formula is C27H29NO2S. The minimum atomic E-state index is -0.227. The molecule has 160 valence electrons. The average Bonchev–Trinajstić information content (AvgIpc) is 3.26. The highest BCUT2D eigenvalue weighted by Crippen LogP contribution is 2.36. The zero-order valence-electron chi connectivity index (χ0n) is 17.9. The van der Waals surface area contributed by atoms with Crippen LogP contribution in [0.25, 0.3) is 0 Å². The second kappa shape index (κ2) is 10.7. The van der Waals surface area contributed by atoms with Crippen LogP contribution in [0.4, 0.5) is 0 Å². The summed E-state index contributed by atoms with van der Waals surface area (Å²) < 4.78 is 5.82. The Morgan fingerprint density at radius 3 is 2.26 bits per heavy atom. The van der Waals surface area contributed by atoms with Crippen LogP contribution in [0.3, 0.4) is 0 Å². The lowest BCUT2D eigenvalue weighted by atomic mass is 10.0. The third-order valence-corrected chi connectivity index (χ3v) is 7.21. The summed E-state index contributed by atoms with van der Waals surface area (Å²) in [5.74, 6) is 1.06. The molecule has 1 aliphatic rings. The van der Waals surface area contributed by atoms with E-state index in [-0.39, 0.29) is 24.0 Å². The highest BCUT2D eigenvalue weighted by Gasteiger charge is 2.42. The van der Waals surface area contributed by atoms with E-state index in [9.17, 15) is 4.79 Å². The molecule has 3 atom stereocenters. The number of hydrogen-bond donors (Lipinski definition) is 0. The summed E-state index contributed by atoms with van der Waals surface area (Å²) in [7, 11) is 0. The molecule has 4 heteroatoms. The number of nitrogens with zero attached hydrogens (tertiary/aromatic N) is 1. The Hall–Kier alpha value is -2.56. The van der Waals surface area contributed by atoms with Gasteiger partial charge in [-0.05, 0) is 49.1 Å². The topological polar surface area (TPSA) is 29.5 Å². The van der Waals surface area contributed by atoms with E-state index in [2.05, 4.69) is 60.4 Å². The fraction of sp³-hybridized carbons (Fsp3) is 0.296. The van der Waals surface area contributed by atoms with Crippen molar-refractivity contribution < 1.29 is 9.53 Å². The predicted molar refractivity (Wildman–Crippen MR) is 127 cm³/mol. The maximum Gasteiger partial charge on any atom is 0.324 e. The zero-order valence-corrected chi connectivity index (χ0v) is 18.7. The van der Waals surface area contributed by atoms with Crippen LogP contribution >= 0.6 is 11.8 Å². The largest absolute Gasteiger partial charge is 0.460 e. The Balaban J connectivity index is 1.49. The van der Waals surface area contributed by atoms with Crippen molar-refractivity contribution in [2.24, 2.45) is 5.92 Å². The van der Waals surface area contributed by atoms with Crippen LogP contribution in [0.2, 0.25) is 0 Å². The summed E-state index contributed by atoms with van der Waals surface area (Å²) >= 11 is 1.83. The molecule has 1 fully saturated rings. The van der Waals surface area contributed by atoms with Crippen LogP contribution in [-0.4, -0.2) is 29.2 Å². The van der Waals surface area contributed by atoms with Crippen molar-refractivity contribution in [3.8, 4) is 0 Å². The lowest BCUT2D eigenvalue weighted by Gasteiger charge is -2.31. The highest BCUT2D eigenvalue weighted by molar-refractivity contribution is 7.99. The van der Waals surface area contributed by atoms with Gasteiger partial charge in [0.25, 0.3) is 0 Å². The van der Waals surface area contributed by atoms with Gasteiger partial charge in [-0.25, -0.2) is 0 Å². The van der Waals surface area contributed by atoms with Crippen molar-refractivity contribution in [1.82, 2.24) is 4.90 Å². The van der Waals surface area contributed by atoms with Gasteiger partial charge in [-0.3, -0.25) is 9.69 Å². The summed E-state index contributed by atoms with van der Waals surface area (Å²) in [6.07, 6.45) is 1.00. The molecule has 0 N–H and O–H groups in total. The number of hydrogen-bond acceptors (Lipinski definition) is 4. The van der Waals surface area contributed by atoms with Crippen LogP contribution in [0, 0.1) is 5.92 Å². The maximum absolute atomic E-state index is 13.3. The van der Waals surface area contributed by atoms with Crippen molar-refractivity contribution >= 4 is 17.7 Å². The Kier molecular flexibility index (Phi) is 7.44. The number of benzene rings is 3. The SMILES string of the molecule is C[C@@H](c1ccccc1)N1CC[C@@H](CSc2ccccc2)[C@H]1C(=O)OCc1ccccc1. The number of rotatable bonds is 8. The van der Waals surface area contributed by atoms with E-state index in [1.54, 1.807) is 0 Å². The van der Waals surface area contributed by atoms with Crippen LogP contribution in [0.5, 0.6) is 0 Å². The predicted octanol–water partition coefficient (Wildman–Crippen LogP) is 5.97. The summed E-state index contributed by atoms with van der Waals surface area (Å²) in [4.78, 5) is 16.9. The van der Waals surface area contributed by atoms with E-state index in [1.807, 2.05) is 54.2 Å². The monoisotopic (exact) mass is 431 g/mol.